The summed E-state index contributed by atoms with van der Waals surface area (Å²) in [6.07, 6.45) is -5.55. The number of aromatic amines is 1. The lowest BCUT2D eigenvalue weighted by atomic mass is 10.2. The SMILES string of the molecule is CC(C)(C)OC(=O)N(N)c1cccc(F)c1.O=c1[nH]c2cc(F)ccc2nc1C(F)(F)F. The highest BCUT2D eigenvalue weighted by molar-refractivity contribution is 5.86. The molecule has 0 saturated heterocycles. The van der Waals surface area contributed by atoms with Crippen molar-refractivity contribution in [3.63, 3.8) is 0 Å². The van der Waals surface area contributed by atoms with Gasteiger partial charge in [0, 0.05) is 0 Å². The summed E-state index contributed by atoms with van der Waals surface area (Å²) in [5.41, 5.74) is -3.50. The molecule has 2 aromatic carbocycles. The average molecular weight is 458 g/mol. The Balaban J connectivity index is 0.000000227. The second-order valence-corrected chi connectivity index (χ2v) is 7.40. The second kappa shape index (κ2) is 9.30. The van der Waals surface area contributed by atoms with E-state index in [1.165, 1.54) is 18.2 Å². The molecule has 0 atom stereocenters. The first-order valence-corrected chi connectivity index (χ1v) is 8.97. The Morgan fingerprint density at radius 2 is 1.69 bits per heavy atom. The van der Waals surface area contributed by atoms with Gasteiger partial charge in [0.25, 0.3) is 5.56 Å². The molecule has 1 aromatic heterocycles. The minimum atomic E-state index is -4.82. The number of benzene rings is 2. The van der Waals surface area contributed by atoms with Crippen molar-refractivity contribution in [1.82, 2.24) is 9.97 Å². The fourth-order valence-electron chi connectivity index (χ4n) is 2.29. The molecule has 0 aliphatic rings. The topological polar surface area (TPSA) is 101 Å². The molecule has 172 valence electrons. The van der Waals surface area contributed by atoms with Crippen molar-refractivity contribution >= 4 is 22.8 Å². The summed E-state index contributed by atoms with van der Waals surface area (Å²) in [4.78, 5) is 27.6. The molecular formula is C20H19F5N4O3. The van der Waals surface area contributed by atoms with Gasteiger partial charge in [-0.05, 0) is 57.2 Å². The van der Waals surface area contributed by atoms with Crippen LogP contribution >= 0.6 is 0 Å². The maximum atomic E-state index is 12.9. The Hall–Kier alpha value is -3.54. The monoisotopic (exact) mass is 458 g/mol. The number of ether oxygens (including phenoxy) is 1. The molecule has 3 N–H and O–H groups in total. The first-order chi connectivity index (χ1) is 14.7. The first kappa shape index (κ1) is 24.7. The zero-order valence-electron chi connectivity index (χ0n) is 17.1. The van der Waals surface area contributed by atoms with E-state index in [1.54, 1.807) is 20.8 Å². The third-order valence-electron chi connectivity index (χ3n) is 3.60. The molecule has 12 heteroatoms. The summed E-state index contributed by atoms with van der Waals surface area (Å²) in [5, 5.41) is 0.772. The quantitative estimate of drug-likeness (QED) is 0.242. The van der Waals surface area contributed by atoms with E-state index < -0.39 is 40.8 Å². The number of nitrogens with zero attached hydrogens (tertiary/aromatic N) is 2. The molecule has 0 fully saturated rings. The van der Waals surface area contributed by atoms with Crippen LogP contribution in [0.5, 0.6) is 0 Å². The number of hydrogen-bond acceptors (Lipinski definition) is 5. The van der Waals surface area contributed by atoms with Crippen molar-refractivity contribution in [1.29, 1.82) is 0 Å². The molecule has 0 bridgehead atoms. The van der Waals surface area contributed by atoms with Gasteiger partial charge in [-0.3, -0.25) is 4.79 Å². The number of hydrazine groups is 1. The highest BCUT2D eigenvalue weighted by Gasteiger charge is 2.36. The second-order valence-electron chi connectivity index (χ2n) is 7.40. The minimum Gasteiger partial charge on any atom is -0.442 e. The van der Waals surface area contributed by atoms with Crippen LogP contribution in [0.1, 0.15) is 26.5 Å². The van der Waals surface area contributed by atoms with Gasteiger partial charge in [0.05, 0.1) is 16.7 Å². The third-order valence-corrected chi connectivity index (χ3v) is 3.60. The molecule has 3 rings (SSSR count). The summed E-state index contributed by atoms with van der Waals surface area (Å²) in [7, 11) is 0. The van der Waals surface area contributed by atoms with E-state index in [0.717, 1.165) is 29.3 Å². The summed E-state index contributed by atoms with van der Waals surface area (Å²) >= 11 is 0. The molecule has 0 radical (unpaired) electrons. The van der Waals surface area contributed by atoms with E-state index in [4.69, 9.17) is 10.6 Å². The number of amides is 1. The average Bonchev–Trinajstić information content (AvgIpc) is 2.65. The zero-order chi connectivity index (χ0) is 24.3. The highest BCUT2D eigenvalue weighted by atomic mass is 19.4. The Kier molecular flexibility index (Phi) is 7.19. The number of alkyl halides is 3. The Labute approximate surface area is 178 Å². The van der Waals surface area contributed by atoms with Crippen molar-refractivity contribution in [2.45, 2.75) is 32.5 Å². The van der Waals surface area contributed by atoms with E-state index in [0.29, 0.717) is 0 Å². The lowest BCUT2D eigenvalue weighted by Crippen LogP contribution is -2.41. The predicted octanol–water partition coefficient (Wildman–Crippen LogP) is 4.52. The summed E-state index contributed by atoms with van der Waals surface area (Å²) in [5.74, 6) is 4.38. The van der Waals surface area contributed by atoms with Crippen LogP contribution in [-0.2, 0) is 10.9 Å². The van der Waals surface area contributed by atoms with E-state index >= 15 is 0 Å². The molecule has 32 heavy (non-hydrogen) atoms. The molecule has 0 aliphatic heterocycles. The fraction of sp³-hybridized carbons (Fsp3) is 0.250. The summed E-state index contributed by atoms with van der Waals surface area (Å²) < 4.78 is 67.6. The van der Waals surface area contributed by atoms with Crippen LogP contribution in [0, 0.1) is 11.6 Å². The molecule has 0 aliphatic carbocycles. The molecule has 0 unspecified atom stereocenters. The van der Waals surface area contributed by atoms with Crippen molar-refractivity contribution in [3.8, 4) is 0 Å². The summed E-state index contributed by atoms with van der Waals surface area (Å²) in [6.45, 7) is 5.18. The smallest absolute Gasteiger partial charge is 0.438 e. The number of halogens is 5. The summed E-state index contributed by atoms with van der Waals surface area (Å²) in [6, 6.07) is 8.35. The number of H-pyrrole nitrogens is 1. The number of nitrogens with two attached hydrogens (primary N) is 1. The van der Waals surface area contributed by atoms with E-state index in [1.807, 2.05) is 4.98 Å². The van der Waals surface area contributed by atoms with E-state index in [9.17, 15) is 31.5 Å². The Morgan fingerprint density at radius 3 is 2.25 bits per heavy atom. The molecule has 0 saturated carbocycles. The highest BCUT2D eigenvalue weighted by Crippen LogP contribution is 2.25. The number of carbonyl (C=O) groups is 1. The van der Waals surface area contributed by atoms with Crippen LogP contribution < -0.4 is 16.4 Å². The van der Waals surface area contributed by atoms with Crippen molar-refractivity contribution in [3.05, 3.63) is 70.1 Å². The Bertz CT molecular complexity index is 1170. The van der Waals surface area contributed by atoms with Crippen LogP contribution in [0.3, 0.4) is 0 Å². The van der Waals surface area contributed by atoms with Crippen molar-refractivity contribution in [2.24, 2.45) is 5.84 Å². The zero-order valence-corrected chi connectivity index (χ0v) is 17.1. The van der Waals surface area contributed by atoms with E-state index in [2.05, 4.69) is 4.98 Å². The van der Waals surface area contributed by atoms with Crippen LogP contribution in [-0.4, -0.2) is 21.7 Å². The number of hydrogen-bond donors (Lipinski definition) is 2. The van der Waals surface area contributed by atoms with Gasteiger partial charge in [0.1, 0.15) is 17.2 Å². The predicted molar refractivity (Wildman–Crippen MR) is 107 cm³/mol. The number of rotatable bonds is 1. The molecule has 1 heterocycles. The number of fused-ring (bicyclic) bond motifs is 1. The minimum absolute atomic E-state index is 0.0713. The number of carbonyl (C=O) groups excluding carboxylic acids is 1. The van der Waals surface area contributed by atoms with Crippen LogP contribution in [0.15, 0.2) is 47.3 Å². The molecule has 7 nitrogen and oxygen atoms in total. The van der Waals surface area contributed by atoms with Crippen LogP contribution in [0.4, 0.5) is 32.4 Å². The van der Waals surface area contributed by atoms with Crippen LogP contribution in [0.25, 0.3) is 11.0 Å². The van der Waals surface area contributed by atoms with Gasteiger partial charge in [0.15, 0.2) is 0 Å². The molecule has 1 amide bonds. The fourth-order valence-corrected chi connectivity index (χ4v) is 2.29. The number of aromatic nitrogens is 2. The number of nitrogens with one attached hydrogen (secondary N) is 1. The van der Waals surface area contributed by atoms with Gasteiger partial charge < -0.3 is 9.72 Å². The van der Waals surface area contributed by atoms with Crippen LogP contribution in [0.2, 0.25) is 0 Å². The molecule has 0 spiro atoms. The largest absolute Gasteiger partial charge is 0.442 e. The van der Waals surface area contributed by atoms with Gasteiger partial charge in [0.2, 0.25) is 5.69 Å². The van der Waals surface area contributed by atoms with E-state index in [-0.39, 0.29) is 16.7 Å². The van der Waals surface area contributed by atoms with Gasteiger partial charge >= 0.3 is 12.3 Å². The Morgan fingerprint density at radius 1 is 1.06 bits per heavy atom. The lowest BCUT2D eigenvalue weighted by molar-refractivity contribution is -0.142. The lowest BCUT2D eigenvalue weighted by Gasteiger charge is -2.24. The maximum Gasteiger partial charge on any atom is 0.438 e. The normalized spacial score (nSPS) is 11.5. The standard InChI is InChI=1S/C11H15FN2O2.C9H4F4N2O/c1-11(2,3)16-10(15)14(13)9-6-4-5-8(12)7-9;10-4-1-2-5-6(3-4)15-8(16)7(14-5)9(11,12)13/h4-7H,13H2,1-3H3;1-3H,(H,15,16). The molecular weight excluding hydrogens is 439 g/mol. The first-order valence-electron chi connectivity index (χ1n) is 8.97. The third kappa shape index (κ3) is 6.74. The van der Waals surface area contributed by atoms with Gasteiger partial charge in [-0.1, -0.05) is 6.07 Å². The van der Waals surface area contributed by atoms with Gasteiger partial charge in [-0.2, -0.15) is 13.2 Å². The van der Waals surface area contributed by atoms with Crippen molar-refractivity contribution < 1.29 is 31.5 Å². The number of anilines is 1. The molecule has 3 aromatic rings. The van der Waals surface area contributed by atoms with Crippen molar-refractivity contribution in [2.75, 3.05) is 5.01 Å². The van der Waals surface area contributed by atoms with Gasteiger partial charge in [-0.25, -0.2) is 29.4 Å². The maximum absolute atomic E-state index is 12.9. The van der Waals surface area contributed by atoms with Gasteiger partial charge in [-0.15, -0.1) is 0 Å².